The van der Waals surface area contributed by atoms with E-state index in [1.165, 1.54) is 30.0 Å². The monoisotopic (exact) mass is 491 g/mol. The number of aliphatic hydroxyl groups excluding tert-OH is 1. The number of ether oxygens (including phenoxy) is 1. The van der Waals surface area contributed by atoms with E-state index in [-0.39, 0.29) is 24.8 Å². The number of likely N-dealkylation sites (tertiary alicyclic amines) is 1. The van der Waals surface area contributed by atoms with Crippen molar-refractivity contribution in [2.75, 3.05) is 13.2 Å². The Kier molecular flexibility index (Phi) is 7.32. The van der Waals surface area contributed by atoms with Crippen molar-refractivity contribution in [2.24, 2.45) is 0 Å². The van der Waals surface area contributed by atoms with Crippen molar-refractivity contribution in [3.63, 3.8) is 0 Å². The van der Waals surface area contributed by atoms with E-state index in [9.17, 15) is 9.90 Å². The largest absolute Gasteiger partial charge is 0.487 e. The van der Waals surface area contributed by atoms with E-state index >= 15 is 0 Å². The maximum atomic E-state index is 12.8. The number of rotatable bonds is 7. The highest BCUT2D eigenvalue weighted by Gasteiger charge is 2.22. The summed E-state index contributed by atoms with van der Waals surface area (Å²) in [4.78, 5) is 19.4. The van der Waals surface area contributed by atoms with Gasteiger partial charge in [-0.1, -0.05) is 36.2 Å². The van der Waals surface area contributed by atoms with Gasteiger partial charge in [0.15, 0.2) is 0 Å². The molecule has 1 atom stereocenters. The Labute approximate surface area is 210 Å². The van der Waals surface area contributed by atoms with Gasteiger partial charge < -0.3 is 9.84 Å². The normalized spacial score (nSPS) is 18.1. The van der Waals surface area contributed by atoms with Crippen LogP contribution in [0.1, 0.15) is 48.1 Å². The van der Waals surface area contributed by atoms with Gasteiger partial charge in [-0.3, -0.25) is 19.2 Å². The van der Waals surface area contributed by atoms with E-state index in [0.717, 1.165) is 49.3 Å². The summed E-state index contributed by atoms with van der Waals surface area (Å²) in [5.41, 5.74) is 5.38. The molecule has 2 aliphatic rings. The molecule has 0 bridgehead atoms. The molecule has 1 fully saturated rings. The minimum absolute atomic E-state index is 0.113. The van der Waals surface area contributed by atoms with E-state index in [1.54, 1.807) is 29.1 Å². The predicted octanol–water partition coefficient (Wildman–Crippen LogP) is 4.77. The molecule has 1 N–H and O–H groups in total. The van der Waals surface area contributed by atoms with E-state index in [0.29, 0.717) is 10.8 Å². The quantitative estimate of drug-likeness (QED) is 0.515. The molecule has 7 heteroatoms. The zero-order chi connectivity index (χ0) is 24.2. The zero-order valence-electron chi connectivity index (χ0n) is 19.7. The minimum Gasteiger partial charge on any atom is -0.487 e. The van der Waals surface area contributed by atoms with Crippen molar-refractivity contribution in [2.45, 2.75) is 51.3 Å². The highest BCUT2D eigenvalue weighted by Crippen LogP contribution is 2.28. The van der Waals surface area contributed by atoms with Crippen LogP contribution >= 0.6 is 11.6 Å². The lowest BCUT2D eigenvalue weighted by Gasteiger charge is -2.34. The average molecular weight is 492 g/mol. The number of aryl methyl sites for hydroxylation is 1. The van der Waals surface area contributed by atoms with Crippen LogP contribution < -0.4 is 10.3 Å². The summed E-state index contributed by atoms with van der Waals surface area (Å²) in [6.45, 7) is 2.43. The number of hydrogen-bond donors (Lipinski definition) is 1. The Morgan fingerprint density at radius 1 is 1.11 bits per heavy atom. The second-order valence-electron chi connectivity index (χ2n) is 9.30. The van der Waals surface area contributed by atoms with Crippen molar-refractivity contribution in [3.05, 3.63) is 92.6 Å². The maximum absolute atomic E-state index is 12.8. The number of pyridine rings is 2. The molecule has 5 rings (SSSR count). The second-order valence-corrected chi connectivity index (χ2v) is 9.74. The van der Waals surface area contributed by atoms with Crippen LogP contribution in [0.25, 0.3) is 11.8 Å². The second kappa shape index (κ2) is 10.8. The van der Waals surface area contributed by atoms with Gasteiger partial charge in [0, 0.05) is 36.7 Å². The first-order chi connectivity index (χ1) is 17.1. The standard InChI is InChI=1S/C28H30ClN3O3/c29-23-7-8-24(30-16-23)19-35-27-10-12-32(28(34)15-27)25-9-6-21-13-20(4-5-22(21)14-25)17-31-11-2-1-3-26(31)18-33/h4-5,7-8,10,12-16,26,33H,1-3,6,9,11,17-19H2/t26-/m1/s1. The molecule has 3 heterocycles. The van der Waals surface area contributed by atoms with Crippen molar-refractivity contribution in [3.8, 4) is 5.75 Å². The predicted molar refractivity (Wildman–Crippen MR) is 138 cm³/mol. The van der Waals surface area contributed by atoms with Gasteiger partial charge in [-0.15, -0.1) is 0 Å². The summed E-state index contributed by atoms with van der Waals surface area (Å²) >= 11 is 5.87. The number of allylic oxidation sites excluding steroid dienone is 1. The first kappa shape index (κ1) is 23.8. The highest BCUT2D eigenvalue weighted by atomic mass is 35.5. The lowest BCUT2D eigenvalue weighted by molar-refractivity contribution is 0.0841. The van der Waals surface area contributed by atoms with E-state index < -0.39 is 0 Å². The van der Waals surface area contributed by atoms with Crippen LogP contribution in [-0.2, 0) is 19.6 Å². The maximum Gasteiger partial charge on any atom is 0.258 e. The number of hydrogen-bond acceptors (Lipinski definition) is 5. The van der Waals surface area contributed by atoms with Crippen molar-refractivity contribution in [1.29, 1.82) is 0 Å². The molecule has 1 saturated heterocycles. The summed E-state index contributed by atoms with van der Waals surface area (Å²) in [6, 6.07) is 13.8. The first-order valence-corrected chi connectivity index (χ1v) is 12.6. The van der Waals surface area contributed by atoms with Crippen LogP contribution in [0.2, 0.25) is 5.02 Å². The Morgan fingerprint density at radius 3 is 2.83 bits per heavy atom. The fraction of sp³-hybridized carbons (Fsp3) is 0.357. The third-order valence-electron chi connectivity index (χ3n) is 6.90. The molecule has 35 heavy (non-hydrogen) atoms. The van der Waals surface area contributed by atoms with Gasteiger partial charge in [0.05, 0.1) is 17.3 Å². The highest BCUT2D eigenvalue weighted by molar-refractivity contribution is 6.30. The number of fused-ring (bicyclic) bond motifs is 1. The average Bonchev–Trinajstić information content (AvgIpc) is 2.88. The molecule has 6 nitrogen and oxygen atoms in total. The molecule has 2 aromatic heterocycles. The Morgan fingerprint density at radius 2 is 2.03 bits per heavy atom. The third-order valence-corrected chi connectivity index (χ3v) is 7.12. The van der Waals surface area contributed by atoms with Crippen molar-refractivity contribution in [1.82, 2.24) is 14.5 Å². The van der Waals surface area contributed by atoms with Gasteiger partial charge in [-0.05, 0) is 73.2 Å². The van der Waals surface area contributed by atoms with Gasteiger partial charge in [0.1, 0.15) is 12.4 Å². The molecule has 3 aromatic rings. The molecule has 0 unspecified atom stereocenters. The van der Waals surface area contributed by atoms with Gasteiger partial charge >= 0.3 is 0 Å². The molecule has 1 aromatic carbocycles. The molecule has 0 amide bonds. The molecule has 0 spiro atoms. The summed E-state index contributed by atoms with van der Waals surface area (Å²) < 4.78 is 7.44. The fourth-order valence-corrected chi connectivity index (χ4v) is 5.08. The topological polar surface area (TPSA) is 67.6 Å². The zero-order valence-corrected chi connectivity index (χ0v) is 20.5. The Hall–Kier alpha value is -2.93. The first-order valence-electron chi connectivity index (χ1n) is 12.2. The summed E-state index contributed by atoms with van der Waals surface area (Å²) in [5, 5.41) is 10.3. The molecule has 182 valence electrons. The van der Waals surface area contributed by atoms with Crippen LogP contribution in [0.3, 0.4) is 0 Å². The van der Waals surface area contributed by atoms with E-state index in [2.05, 4.69) is 34.2 Å². The van der Waals surface area contributed by atoms with Gasteiger partial charge in [0.25, 0.3) is 5.56 Å². The van der Waals surface area contributed by atoms with Gasteiger partial charge in [0.2, 0.25) is 0 Å². The van der Waals surface area contributed by atoms with E-state index in [4.69, 9.17) is 16.3 Å². The third kappa shape index (κ3) is 5.67. The molecular weight excluding hydrogens is 462 g/mol. The summed E-state index contributed by atoms with van der Waals surface area (Å²) in [7, 11) is 0. The van der Waals surface area contributed by atoms with Gasteiger partial charge in [-0.2, -0.15) is 0 Å². The summed E-state index contributed by atoms with van der Waals surface area (Å²) in [5.74, 6) is 0.517. The number of piperidine rings is 1. The smallest absolute Gasteiger partial charge is 0.258 e. The fourth-order valence-electron chi connectivity index (χ4n) is 4.97. The molecular formula is C28H30ClN3O3. The Bertz CT molecular complexity index is 1270. The van der Waals surface area contributed by atoms with Crippen LogP contribution in [0.4, 0.5) is 0 Å². The number of aliphatic hydroxyl groups is 1. The molecule has 1 aliphatic heterocycles. The van der Waals surface area contributed by atoms with Crippen LogP contribution in [-0.4, -0.2) is 38.8 Å². The number of nitrogens with zero attached hydrogens (tertiary/aromatic N) is 3. The van der Waals surface area contributed by atoms with Crippen molar-refractivity contribution >= 4 is 23.4 Å². The lowest BCUT2D eigenvalue weighted by Crippen LogP contribution is -2.41. The SMILES string of the molecule is O=c1cc(OCc2ccc(Cl)cn2)ccn1C1=Cc2ccc(CN3CCCC[C@@H]3CO)cc2CC1. The summed E-state index contributed by atoms with van der Waals surface area (Å²) in [6.07, 6.45) is 10.6. The number of benzene rings is 1. The number of aromatic nitrogens is 2. The van der Waals surface area contributed by atoms with E-state index in [1.807, 2.05) is 6.07 Å². The number of halogens is 1. The van der Waals surface area contributed by atoms with Crippen LogP contribution in [0, 0.1) is 0 Å². The van der Waals surface area contributed by atoms with Crippen molar-refractivity contribution < 1.29 is 9.84 Å². The lowest BCUT2D eigenvalue weighted by atomic mass is 9.93. The van der Waals surface area contributed by atoms with Crippen LogP contribution in [0.5, 0.6) is 5.75 Å². The molecule has 0 radical (unpaired) electrons. The molecule has 1 aliphatic carbocycles. The minimum atomic E-state index is -0.113. The Balaban J connectivity index is 1.27. The van der Waals surface area contributed by atoms with Gasteiger partial charge in [-0.25, -0.2) is 0 Å². The molecule has 0 saturated carbocycles. The van der Waals surface area contributed by atoms with Crippen LogP contribution in [0.15, 0.2) is 59.7 Å².